The molecule has 2 unspecified atom stereocenters. The van der Waals surface area contributed by atoms with E-state index >= 15 is 0 Å². The first-order valence-corrected chi connectivity index (χ1v) is 3.97. The van der Waals surface area contributed by atoms with Gasteiger partial charge in [0.15, 0.2) is 5.06 Å². The van der Waals surface area contributed by atoms with Gasteiger partial charge in [-0.05, 0) is 6.42 Å². The third kappa shape index (κ3) is 1.73. The Kier molecular flexibility index (Phi) is 2.25. The molecule has 0 bridgehead atoms. The SMILES string of the molecule is CCCC(Cl)C1(Cl)CO1. The Morgan fingerprint density at radius 3 is 2.67 bits per heavy atom. The van der Waals surface area contributed by atoms with Crippen molar-refractivity contribution in [3.63, 3.8) is 0 Å². The first-order valence-electron chi connectivity index (χ1n) is 3.16. The van der Waals surface area contributed by atoms with Crippen molar-refractivity contribution in [3.05, 3.63) is 0 Å². The highest BCUT2D eigenvalue weighted by molar-refractivity contribution is 6.32. The van der Waals surface area contributed by atoms with Crippen LogP contribution in [-0.4, -0.2) is 17.0 Å². The van der Waals surface area contributed by atoms with Crippen molar-refractivity contribution in [3.8, 4) is 0 Å². The van der Waals surface area contributed by atoms with Gasteiger partial charge >= 0.3 is 0 Å². The molecule has 1 fully saturated rings. The van der Waals surface area contributed by atoms with Crippen molar-refractivity contribution in [1.29, 1.82) is 0 Å². The Bertz CT molecular complexity index is 101. The normalized spacial score (nSPS) is 36.3. The molecule has 0 N–H and O–H groups in total. The molecule has 1 nitrogen and oxygen atoms in total. The van der Waals surface area contributed by atoms with Gasteiger partial charge < -0.3 is 4.74 Å². The maximum absolute atomic E-state index is 5.86. The van der Waals surface area contributed by atoms with Crippen LogP contribution in [0.25, 0.3) is 0 Å². The van der Waals surface area contributed by atoms with Gasteiger partial charge in [0.1, 0.15) is 0 Å². The van der Waals surface area contributed by atoms with E-state index in [0.717, 1.165) is 12.8 Å². The highest BCUT2D eigenvalue weighted by atomic mass is 35.5. The van der Waals surface area contributed by atoms with Crippen molar-refractivity contribution in [2.75, 3.05) is 6.61 Å². The van der Waals surface area contributed by atoms with E-state index in [1.54, 1.807) is 0 Å². The summed E-state index contributed by atoms with van der Waals surface area (Å²) < 4.78 is 4.94. The van der Waals surface area contributed by atoms with Gasteiger partial charge in [0, 0.05) is 0 Å². The molecule has 1 aliphatic heterocycles. The number of halogens is 2. The fourth-order valence-corrected chi connectivity index (χ4v) is 1.23. The Balaban J connectivity index is 2.24. The highest BCUT2D eigenvalue weighted by Gasteiger charge is 2.48. The number of rotatable bonds is 3. The Morgan fingerprint density at radius 2 is 2.33 bits per heavy atom. The monoisotopic (exact) mass is 168 g/mol. The quantitative estimate of drug-likeness (QED) is 0.466. The molecule has 0 spiro atoms. The molecule has 9 heavy (non-hydrogen) atoms. The molecule has 0 amide bonds. The van der Waals surface area contributed by atoms with E-state index in [0.29, 0.717) is 6.61 Å². The molecule has 0 aromatic rings. The predicted molar refractivity (Wildman–Crippen MR) is 39.1 cm³/mol. The van der Waals surface area contributed by atoms with Crippen LogP contribution in [0, 0.1) is 0 Å². The first kappa shape index (κ1) is 7.64. The molecule has 1 rings (SSSR count). The molecular weight excluding hydrogens is 159 g/mol. The van der Waals surface area contributed by atoms with Gasteiger partial charge in [0.05, 0.1) is 12.0 Å². The van der Waals surface area contributed by atoms with Crippen LogP contribution in [0.2, 0.25) is 0 Å². The van der Waals surface area contributed by atoms with Crippen molar-refractivity contribution < 1.29 is 4.74 Å². The van der Waals surface area contributed by atoms with Gasteiger partial charge in [0.2, 0.25) is 0 Å². The number of ether oxygens (including phenoxy) is 1. The van der Waals surface area contributed by atoms with Crippen molar-refractivity contribution in [2.45, 2.75) is 30.2 Å². The third-order valence-corrected chi connectivity index (χ3v) is 2.59. The molecule has 1 saturated heterocycles. The number of hydrogen-bond donors (Lipinski definition) is 0. The maximum atomic E-state index is 5.86. The summed E-state index contributed by atoms with van der Waals surface area (Å²) in [6, 6.07) is 0. The van der Waals surface area contributed by atoms with Gasteiger partial charge in [-0.2, -0.15) is 0 Å². The summed E-state index contributed by atoms with van der Waals surface area (Å²) in [6.45, 7) is 2.70. The Morgan fingerprint density at radius 1 is 1.78 bits per heavy atom. The Labute approximate surface area is 65.3 Å². The van der Waals surface area contributed by atoms with E-state index in [-0.39, 0.29) is 5.38 Å². The summed E-state index contributed by atoms with van der Waals surface area (Å²) >= 11 is 11.7. The second-order valence-electron chi connectivity index (χ2n) is 2.33. The average Bonchev–Trinajstić information content (AvgIpc) is 2.50. The summed E-state index contributed by atoms with van der Waals surface area (Å²) in [7, 11) is 0. The zero-order valence-electron chi connectivity index (χ0n) is 5.36. The van der Waals surface area contributed by atoms with E-state index in [9.17, 15) is 0 Å². The molecule has 54 valence electrons. The van der Waals surface area contributed by atoms with Crippen LogP contribution in [0.4, 0.5) is 0 Å². The second kappa shape index (κ2) is 2.65. The van der Waals surface area contributed by atoms with Crippen LogP contribution >= 0.6 is 23.2 Å². The summed E-state index contributed by atoms with van der Waals surface area (Å²) in [4.78, 5) is 0. The summed E-state index contributed by atoms with van der Waals surface area (Å²) in [5, 5.41) is -0.512. The summed E-state index contributed by atoms with van der Waals surface area (Å²) in [6.07, 6.45) is 2.00. The topological polar surface area (TPSA) is 12.5 Å². The fraction of sp³-hybridized carbons (Fsp3) is 1.00. The van der Waals surface area contributed by atoms with Crippen LogP contribution in [0.15, 0.2) is 0 Å². The molecule has 0 saturated carbocycles. The lowest BCUT2D eigenvalue weighted by Crippen LogP contribution is -2.17. The molecule has 0 aromatic heterocycles. The first-order chi connectivity index (χ1) is 4.19. The highest BCUT2D eigenvalue weighted by Crippen LogP contribution is 2.40. The van der Waals surface area contributed by atoms with Gasteiger partial charge in [-0.1, -0.05) is 24.9 Å². The lowest BCUT2D eigenvalue weighted by atomic mass is 10.2. The Hall–Kier alpha value is 0.540. The smallest absolute Gasteiger partial charge is 0.181 e. The molecule has 0 aromatic carbocycles. The maximum Gasteiger partial charge on any atom is 0.181 e. The molecule has 2 atom stereocenters. The minimum Gasteiger partial charge on any atom is -0.351 e. The van der Waals surface area contributed by atoms with E-state index in [2.05, 4.69) is 6.92 Å². The minimum atomic E-state index is -0.502. The van der Waals surface area contributed by atoms with E-state index in [1.165, 1.54) is 0 Å². The zero-order chi connectivity index (χ0) is 6.91. The van der Waals surface area contributed by atoms with Crippen molar-refractivity contribution >= 4 is 23.2 Å². The van der Waals surface area contributed by atoms with Gasteiger partial charge in [-0.25, -0.2) is 0 Å². The van der Waals surface area contributed by atoms with E-state index in [4.69, 9.17) is 27.9 Å². The van der Waals surface area contributed by atoms with Gasteiger partial charge in [-0.3, -0.25) is 0 Å². The standard InChI is InChI=1S/C6H10Cl2O/c1-2-3-5(7)6(8)4-9-6/h5H,2-4H2,1H3. The van der Waals surface area contributed by atoms with Crippen molar-refractivity contribution in [1.82, 2.24) is 0 Å². The molecule has 0 radical (unpaired) electrons. The average molecular weight is 169 g/mol. The van der Waals surface area contributed by atoms with Crippen LogP contribution in [0.5, 0.6) is 0 Å². The van der Waals surface area contributed by atoms with Gasteiger partial charge in [0.25, 0.3) is 0 Å². The number of alkyl halides is 2. The predicted octanol–water partition coefficient (Wildman–Crippen LogP) is 2.36. The van der Waals surface area contributed by atoms with Gasteiger partial charge in [-0.15, -0.1) is 11.6 Å². The van der Waals surface area contributed by atoms with E-state index < -0.39 is 5.06 Å². The van der Waals surface area contributed by atoms with Crippen LogP contribution < -0.4 is 0 Å². The molecule has 1 aliphatic rings. The summed E-state index contributed by atoms with van der Waals surface area (Å²) in [5.74, 6) is 0. The summed E-state index contributed by atoms with van der Waals surface area (Å²) in [5.41, 5.74) is 0. The fourth-order valence-electron chi connectivity index (χ4n) is 0.719. The molecule has 0 aliphatic carbocycles. The van der Waals surface area contributed by atoms with Crippen LogP contribution in [0.3, 0.4) is 0 Å². The zero-order valence-corrected chi connectivity index (χ0v) is 6.87. The lowest BCUT2D eigenvalue weighted by molar-refractivity contribution is 0.364. The minimum absolute atomic E-state index is 0.0100. The number of epoxide rings is 1. The third-order valence-electron chi connectivity index (χ3n) is 1.43. The second-order valence-corrected chi connectivity index (χ2v) is 3.50. The van der Waals surface area contributed by atoms with Crippen molar-refractivity contribution in [2.24, 2.45) is 0 Å². The molecular formula is C6H10Cl2O. The largest absolute Gasteiger partial charge is 0.351 e. The lowest BCUT2D eigenvalue weighted by Gasteiger charge is -2.08. The number of hydrogen-bond acceptors (Lipinski definition) is 1. The molecule has 3 heteroatoms. The van der Waals surface area contributed by atoms with E-state index in [1.807, 2.05) is 0 Å². The molecule has 1 heterocycles. The van der Waals surface area contributed by atoms with Crippen LogP contribution in [-0.2, 0) is 4.74 Å². The van der Waals surface area contributed by atoms with Crippen LogP contribution in [0.1, 0.15) is 19.8 Å².